The Bertz CT molecular complexity index is 623. The van der Waals surface area contributed by atoms with Gasteiger partial charge in [-0.25, -0.2) is 4.79 Å². The van der Waals surface area contributed by atoms with Crippen LogP contribution in [0.15, 0.2) is 23.0 Å². The number of imidazole rings is 1. The number of phenolic OH excluding ortho intramolecular Hbond substituents is 1. The molecule has 0 radical (unpaired) electrons. The van der Waals surface area contributed by atoms with Crippen molar-refractivity contribution in [3.63, 3.8) is 0 Å². The lowest BCUT2D eigenvalue weighted by Crippen LogP contribution is -2.34. The highest BCUT2D eigenvalue weighted by molar-refractivity contribution is 5.76. The Morgan fingerprint density at radius 1 is 1.16 bits per heavy atom. The van der Waals surface area contributed by atoms with Crippen LogP contribution in [-0.2, 0) is 6.54 Å². The summed E-state index contributed by atoms with van der Waals surface area (Å²) in [5.41, 5.74) is 1.46. The minimum Gasteiger partial charge on any atom is -0.508 e. The minimum atomic E-state index is -0.0994. The van der Waals surface area contributed by atoms with Crippen molar-refractivity contribution in [1.29, 1.82) is 0 Å². The van der Waals surface area contributed by atoms with Crippen molar-refractivity contribution in [3.8, 4) is 5.75 Å². The van der Waals surface area contributed by atoms with E-state index in [-0.39, 0.29) is 11.4 Å². The summed E-state index contributed by atoms with van der Waals surface area (Å²) in [6.45, 7) is 3.81. The van der Waals surface area contributed by atoms with Gasteiger partial charge in [0.05, 0.1) is 11.0 Å². The molecule has 1 aromatic carbocycles. The Morgan fingerprint density at radius 2 is 1.95 bits per heavy atom. The zero-order chi connectivity index (χ0) is 13.2. The zero-order valence-electron chi connectivity index (χ0n) is 10.9. The van der Waals surface area contributed by atoms with Crippen LogP contribution in [0.3, 0.4) is 0 Å². The van der Waals surface area contributed by atoms with Crippen molar-refractivity contribution >= 4 is 11.0 Å². The van der Waals surface area contributed by atoms with E-state index in [9.17, 15) is 9.90 Å². The summed E-state index contributed by atoms with van der Waals surface area (Å²) in [5.74, 6) is 0.193. The lowest BCUT2D eigenvalue weighted by molar-refractivity contribution is 0.221. The van der Waals surface area contributed by atoms with Gasteiger partial charge in [-0.2, -0.15) is 0 Å². The second-order valence-corrected chi connectivity index (χ2v) is 5.19. The van der Waals surface area contributed by atoms with Crippen LogP contribution in [0.1, 0.15) is 19.3 Å². The summed E-state index contributed by atoms with van der Waals surface area (Å²) in [5, 5.41) is 9.54. The maximum atomic E-state index is 11.9. The van der Waals surface area contributed by atoms with Crippen molar-refractivity contribution in [2.24, 2.45) is 0 Å². The van der Waals surface area contributed by atoms with E-state index in [1.165, 1.54) is 19.3 Å². The normalized spacial score (nSPS) is 17.1. The van der Waals surface area contributed by atoms with E-state index in [2.05, 4.69) is 9.88 Å². The van der Waals surface area contributed by atoms with E-state index in [1.54, 1.807) is 22.8 Å². The Morgan fingerprint density at radius 3 is 2.74 bits per heavy atom. The van der Waals surface area contributed by atoms with Gasteiger partial charge in [0.25, 0.3) is 0 Å². The number of benzene rings is 1. The molecule has 1 aromatic heterocycles. The fraction of sp³-hybridized carbons (Fsp3) is 0.500. The molecule has 0 saturated carbocycles. The molecule has 2 aromatic rings. The highest BCUT2D eigenvalue weighted by Crippen LogP contribution is 2.17. The summed E-state index contributed by atoms with van der Waals surface area (Å²) < 4.78 is 1.71. The van der Waals surface area contributed by atoms with Gasteiger partial charge in [-0.3, -0.25) is 4.57 Å². The van der Waals surface area contributed by atoms with Crippen LogP contribution in [0, 0.1) is 0 Å². The topological polar surface area (TPSA) is 61.3 Å². The van der Waals surface area contributed by atoms with Gasteiger partial charge < -0.3 is 15.0 Å². The summed E-state index contributed by atoms with van der Waals surface area (Å²) in [4.78, 5) is 17.2. The number of phenols is 1. The number of aromatic nitrogens is 2. The minimum absolute atomic E-state index is 0.0994. The summed E-state index contributed by atoms with van der Waals surface area (Å²) in [6.07, 6.45) is 3.82. The molecule has 1 saturated heterocycles. The predicted octanol–water partition coefficient (Wildman–Crippen LogP) is 1.52. The molecule has 0 atom stereocenters. The third-order valence-electron chi connectivity index (χ3n) is 3.85. The number of H-pyrrole nitrogens is 1. The molecule has 19 heavy (non-hydrogen) atoms. The molecule has 2 N–H and O–H groups in total. The molecule has 1 fully saturated rings. The van der Waals surface area contributed by atoms with Crippen LogP contribution in [0.4, 0.5) is 0 Å². The monoisotopic (exact) mass is 261 g/mol. The third-order valence-corrected chi connectivity index (χ3v) is 3.85. The fourth-order valence-electron chi connectivity index (χ4n) is 2.79. The molecule has 3 rings (SSSR count). The van der Waals surface area contributed by atoms with Gasteiger partial charge in [0.2, 0.25) is 0 Å². The lowest BCUT2D eigenvalue weighted by atomic mass is 10.1. The number of hydrogen-bond acceptors (Lipinski definition) is 3. The number of aromatic amines is 1. The van der Waals surface area contributed by atoms with Gasteiger partial charge >= 0.3 is 5.69 Å². The average molecular weight is 261 g/mol. The summed E-state index contributed by atoms with van der Waals surface area (Å²) in [7, 11) is 0. The van der Waals surface area contributed by atoms with Crippen LogP contribution < -0.4 is 5.69 Å². The number of aromatic hydroxyl groups is 1. The molecule has 0 aliphatic carbocycles. The fourth-order valence-corrected chi connectivity index (χ4v) is 2.79. The van der Waals surface area contributed by atoms with Crippen LogP contribution in [0.5, 0.6) is 5.75 Å². The number of likely N-dealkylation sites (tertiary alicyclic amines) is 1. The summed E-state index contributed by atoms with van der Waals surface area (Å²) >= 11 is 0. The Hall–Kier alpha value is -1.75. The van der Waals surface area contributed by atoms with E-state index < -0.39 is 0 Å². The van der Waals surface area contributed by atoms with E-state index in [4.69, 9.17) is 0 Å². The van der Waals surface area contributed by atoms with Crippen molar-refractivity contribution in [1.82, 2.24) is 14.5 Å². The smallest absolute Gasteiger partial charge is 0.326 e. The molecule has 0 unspecified atom stereocenters. The van der Waals surface area contributed by atoms with Gasteiger partial charge in [0.1, 0.15) is 5.75 Å². The molecule has 1 aliphatic rings. The molecule has 2 heterocycles. The van der Waals surface area contributed by atoms with Gasteiger partial charge in [-0.1, -0.05) is 6.42 Å². The first-order valence-corrected chi connectivity index (χ1v) is 6.88. The first-order valence-electron chi connectivity index (χ1n) is 6.88. The molecule has 5 nitrogen and oxygen atoms in total. The van der Waals surface area contributed by atoms with E-state index in [0.717, 1.165) is 30.7 Å². The first kappa shape index (κ1) is 12.3. The van der Waals surface area contributed by atoms with Crippen LogP contribution in [0.25, 0.3) is 11.0 Å². The van der Waals surface area contributed by atoms with Gasteiger partial charge in [0, 0.05) is 19.2 Å². The Kier molecular flexibility index (Phi) is 3.29. The maximum Gasteiger partial charge on any atom is 0.326 e. The Balaban J connectivity index is 1.81. The predicted molar refractivity (Wildman–Crippen MR) is 74.5 cm³/mol. The second-order valence-electron chi connectivity index (χ2n) is 5.19. The number of fused-ring (bicyclic) bond motifs is 1. The van der Waals surface area contributed by atoms with Crippen LogP contribution in [0.2, 0.25) is 0 Å². The number of hydrogen-bond donors (Lipinski definition) is 2. The molecule has 0 spiro atoms. The highest BCUT2D eigenvalue weighted by atomic mass is 16.3. The van der Waals surface area contributed by atoms with E-state index in [1.807, 2.05) is 0 Å². The first-order chi connectivity index (χ1) is 9.24. The largest absolute Gasteiger partial charge is 0.508 e. The zero-order valence-corrected chi connectivity index (χ0v) is 10.9. The molecule has 0 amide bonds. The standard InChI is InChI=1S/C14H19N3O2/c18-11-4-5-12-13(10-11)17(14(19)15-12)9-8-16-6-2-1-3-7-16/h4-5,10,18H,1-3,6-9H2,(H,15,19). The Labute approximate surface area is 111 Å². The van der Waals surface area contributed by atoms with Gasteiger partial charge in [0.15, 0.2) is 0 Å². The number of nitrogens with zero attached hydrogens (tertiary/aromatic N) is 2. The SMILES string of the molecule is O=c1[nH]c2ccc(O)cc2n1CCN1CCCCC1. The molecule has 102 valence electrons. The van der Waals surface area contributed by atoms with Crippen LogP contribution >= 0.6 is 0 Å². The van der Waals surface area contributed by atoms with Gasteiger partial charge in [-0.05, 0) is 38.1 Å². The molecular weight excluding hydrogens is 242 g/mol. The van der Waals surface area contributed by atoms with Crippen LogP contribution in [-0.4, -0.2) is 39.2 Å². The molecule has 1 aliphatic heterocycles. The quantitative estimate of drug-likeness (QED) is 0.880. The van der Waals surface area contributed by atoms with Crippen molar-refractivity contribution in [2.45, 2.75) is 25.8 Å². The van der Waals surface area contributed by atoms with E-state index in [0.29, 0.717) is 6.54 Å². The lowest BCUT2D eigenvalue weighted by Gasteiger charge is -2.26. The number of piperidine rings is 1. The average Bonchev–Trinajstić information content (AvgIpc) is 2.73. The second kappa shape index (κ2) is 5.09. The number of nitrogens with one attached hydrogen (secondary N) is 1. The number of rotatable bonds is 3. The van der Waals surface area contributed by atoms with Crippen molar-refractivity contribution in [3.05, 3.63) is 28.7 Å². The van der Waals surface area contributed by atoms with Gasteiger partial charge in [-0.15, -0.1) is 0 Å². The molecule has 5 heteroatoms. The molecular formula is C14H19N3O2. The van der Waals surface area contributed by atoms with Crippen molar-refractivity contribution in [2.75, 3.05) is 19.6 Å². The van der Waals surface area contributed by atoms with E-state index >= 15 is 0 Å². The van der Waals surface area contributed by atoms with Crippen molar-refractivity contribution < 1.29 is 5.11 Å². The summed E-state index contributed by atoms with van der Waals surface area (Å²) in [6, 6.07) is 4.97. The highest BCUT2D eigenvalue weighted by Gasteiger charge is 2.12. The molecule has 0 bridgehead atoms. The third kappa shape index (κ3) is 2.51. The maximum absolute atomic E-state index is 11.9.